The van der Waals surface area contributed by atoms with Gasteiger partial charge in [-0.3, -0.25) is 9.20 Å². The molecule has 0 amide bonds. The van der Waals surface area contributed by atoms with Gasteiger partial charge in [-0.1, -0.05) is 12.8 Å². The van der Waals surface area contributed by atoms with E-state index in [-0.39, 0.29) is 4.75 Å². The fourth-order valence-electron chi connectivity index (χ4n) is 2.76. The molecule has 1 atom stereocenters. The Morgan fingerprint density at radius 2 is 1.79 bits per heavy atom. The smallest absolute Gasteiger partial charge is 0.191 e. The van der Waals surface area contributed by atoms with Crippen LogP contribution < -0.4 is 10.6 Å². The molecule has 0 aliphatic carbocycles. The molecule has 2 N–H and O–H groups in total. The van der Waals surface area contributed by atoms with Gasteiger partial charge in [0.1, 0.15) is 0 Å². The number of aliphatic imine (C=N–C) groups is 1. The predicted molar refractivity (Wildman–Crippen MR) is 106 cm³/mol. The lowest BCUT2D eigenvalue weighted by atomic mass is 10.2. The summed E-state index contributed by atoms with van der Waals surface area (Å²) in [4.78, 5) is 7.23. The van der Waals surface area contributed by atoms with Crippen LogP contribution >= 0.6 is 0 Å². The Morgan fingerprint density at radius 1 is 1.12 bits per heavy atom. The maximum absolute atomic E-state index is 12.1. The average Bonchev–Trinajstić information content (AvgIpc) is 2.79. The summed E-state index contributed by atoms with van der Waals surface area (Å²) in [7, 11) is -0.822. The van der Waals surface area contributed by atoms with Crippen LogP contribution in [-0.2, 0) is 10.8 Å². The fourth-order valence-corrected chi connectivity index (χ4v) is 3.65. The minimum Gasteiger partial charge on any atom is -0.357 e. The molecule has 6 heteroatoms. The van der Waals surface area contributed by atoms with Gasteiger partial charge in [0.25, 0.3) is 0 Å². The SMILES string of the molecule is CCNC(=NCCCN1CCCCCC1)NCCS(=O)C(C)(C)C. The molecule has 1 fully saturated rings. The van der Waals surface area contributed by atoms with Crippen molar-refractivity contribution in [3.63, 3.8) is 0 Å². The Bertz CT molecular complexity index is 385. The van der Waals surface area contributed by atoms with Crippen LogP contribution in [0.5, 0.6) is 0 Å². The molecule has 0 radical (unpaired) electrons. The third-order valence-corrected chi connectivity index (χ3v) is 6.15. The van der Waals surface area contributed by atoms with Crippen molar-refractivity contribution in [2.24, 2.45) is 4.99 Å². The molecule has 1 unspecified atom stereocenters. The zero-order valence-corrected chi connectivity index (χ0v) is 17.0. The van der Waals surface area contributed by atoms with Gasteiger partial charge in [-0.15, -0.1) is 0 Å². The molecular weight excluding hydrogens is 320 g/mol. The molecule has 1 aliphatic heterocycles. The van der Waals surface area contributed by atoms with Crippen molar-refractivity contribution in [1.29, 1.82) is 0 Å². The molecular formula is C18H38N4OS. The van der Waals surface area contributed by atoms with E-state index < -0.39 is 10.8 Å². The second-order valence-electron chi connectivity index (χ2n) is 7.46. The molecule has 1 heterocycles. The molecule has 5 nitrogen and oxygen atoms in total. The summed E-state index contributed by atoms with van der Waals surface area (Å²) >= 11 is 0. The number of rotatable bonds is 8. The van der Waals surface area contributed by atoms with Crippen LogP contribution in [0.1, 0.15) is 59.8 Å². The van der Waals surface area contributed by atoms with Gasteiger partial charge < -0.3 is 15.5 Å². The Balaban J connectivity index is 2.27. The van der Waals surface area contributed by atoms with E-state index in [1.807, 2.05) is 20.8 Å². The highest BCUT2D eigenvalue weighted by Crippen LogP contribution is 2.10. The minimum absolute atomic E-state index is 0.148. The van der Waals surface area contributed by atoms with E-state index in [1.54, 1.807) is 0 Å². The minimum atomic E-state index is -0.822. The summed E-state index contributed by atoms with van der Waals surface area (Å²) in [5.74, 6) is 1.50. The van der Waals surface area contributed by atoms with Gasteiger partial charge >= 0.3 is 0 Å². The van der Waals surface area contributed by atoms with Crippen molar-refractivity contribution in [3.8, 4) is 0 Å². The van der Waals surface area contributed by atoms with E-state index in [2.05, 4.69) is 27.4 Å². The summed E-state index contributed by atoms with van der Waals surface area (Å²) in [6, 6.07) is 0. The van der Waals surface area contributed by atoms with Crippen LogP contribution in [0.2, 0.25) is 0 Å². The number of hydrogen-bond donors (Lipinski definition) is 2. The van der Waals surface area contributed by atoms with Gasteiger partial charge in [-0.25, -0.2) is 0 Å². The Hall–Kier alpha value is -0.620. The molecule has 0 bridgehead atoms. The highest BCUT2D eigenvalue weighted by atomic mass is 32.2. The number of nitrogens with zero attached hydrogens (tertiary/aromatic N) is 2. The molecule has 0 saturated carbocycles. The fraction of sp³-hybridized carbons (Fsp3) is 0.944. The van der Waals surface area contributed by atoms with Crippen molar-refractivity contribution in [1.82, 2.24) is 15.5 Å². The molecule has 0 aromatic rings. The van der Waals surface area contributed by atoms with Crippen LogP contribution in [0.15, 0.2) is 4.99 Å². The molecule has 0 aromatic carbocycles. The van der Waals surface area contributed by atoms with Gasteiger partial charge in [0.05, 0.1) is 0 Å². The summed E-state index contributed by atoms with van der Waals surface area (Å²) in [5.41, 5.74) is 0. The van der Waals surface area contributed by atoms with Crippen molar-refractivity contribution in [2.75, 3.05) is 45.0 Å². The topological polar surface area (TPSA) is 56.7 Å². The predicted octanol–water partition coefficient (Wildman–Crippen LogP) is 2.35. The quantitative estimate of drug-likeness (QED) is 0.397. The van der Waals surface area contributed by atoms with E-state index in [0.717, 1.165) is 32.0 Å². The van der Waals surface area contributed by atoms with Crippen molar-refractivity contribution >= 4 is 16.8 Å². The van der Waals surface area contributed by atoms with Crippen LogP contribution in [0.4, 0.5) is 0 Å². The zero-order valence-electron chi connectivity index (χ0n) is 16.2. The molecule has 0 spiro atoms. The van der Waals surface area contributed by atoms with E-state index >= 15 is 0 Å². The Morgan fingerprint density at radius 3 is 2.38 bits per heavy atom. The zero-order chi connectivity index (χ0) is 17.8. The first-order chi connectivity index (χ1) is 11.4. The van der Waals surface area contributed by atoms with Crippen molar-refractivity contribution < 1.29 is 4.21 Å². The Labute approximate surface area is 151 Å². The summed E-state index contributed by atoms with van der Waals surface area (Å²) in [5, 5.41) is 6.57. The maximum atomic E-state index is 12.1. The van der Waals surface area contributed by atoms with Crippen molar-refractivity contribution in [2.45, 2.75) is 64.5 Å². The highest BCUT2D eigenvalue weighted by molar-refractivity contribution is 7.86. The first kappa shape index (κ1) is 21.4. The van der Waals surface area contributed by atoms with Gasteiger partial charge in [0.15, 0.2) is 5.96 Å². The number of likely N-dealkylation sites (tertiary alicyclic amines) is 1. The standard InChI is InChI=1S/C18H38N4OS/c1-5-19-17(21-12-16-24(23)18(2,3)4)20-11-10-15-22-13-8-6-7-9-14-22/h5-16H2,1-4H3,(H2,19,20,21). The van der Waals surface area contributed by atoms with Gasteiger partial charge in [0, 0.05) is 40.9 Å². The molecule has 24 heavy (non-hydrogen) atoms. The van der Waals surface area contributed by atoms with E-state index in [9.17, 15) is 4.21 Å². The van der Waals surface area contributed by atoms with Gasteiger partial charge in [0.2, 0.25) is 0 Å². The van der Waals surface area contributed by atoms with Crippen molar-refractivity contribution in [3.05, 3.63) is 0 Å². The first-order valence-electron chi connectivity index (χ1n) is 9.56. The lowest BCUT2D eigenvalue weighted by molar-refractivity contribution is 0.283. The number of guanidine groups is 1. The van der Waals surface area contributed by atoms with Crippen LogP contribution in [0, 0.1) is 0 Å². The molecule has 0 aromatic heterocycles. The summed E-state index contributed by atoms with van der Waals surface area (Å²) in [6.45, 7) is 14.2. The van der Waals surface area contributed by atoms with Crippen LogP contribution in [-0.4, -0.2) is 64.8 Å². The van der Waals surface area contributed by atoms with E-state index in [1.165, 1.54) is 38.8 Å². The van der Waals surface area contributed by atoms with E-state index in [0.29, 0.717) is 12.3 Å². The first-order valence-corrected chi connectivity index (χ1v) is 10.9. The highest BCUT2D eigenvalue weighted by Gasteiger charge is 2.18. The third-order valence-electron chi connectivity index (χ3n) is 4.21. The van der Waals surface area contributed by atoms with Gasteiger partial charge in [-0.2, -0.15) is 0 Å². The van der Waals surface area contributed by atoms with E-state index in [4.69, 9.17) is 0 Å². The second-order valence-corrected chi connectivity index (χ2v) is 9.78. The third kappa shape index (κ3) is 9.62. The lowest BCUT2D eigenvalue weighted by Crippen LogP contribution is -2.40. The Kier molecular flexibility index (Phi) is 10.6. The maximum Gasteiger partial charge on any atom is 0.191 e. The van der Waals surface area contributed by atoms with Crippen LogP contribution in [0.3, 0.4) is 0 Å². The normalized spacial score (nSPS) is 18.9. The average molecular weight is 359 g/mol. The lowest BCUT2D eigenvalue weighted by Gasteiger charge is -2.19. The molecule has 1 aliphatic rings. The number of nitrogens with one attached hydrogen (secondary N) is 2. The largest absolute Gasteiger partial charge is 0.357 e. The molecule has 142 valence electrons. The van der Waals surface area contributed by atoms with Gasteiger partial charge in [-0.05, 0) is 66.6 Å². The monoisotopic (exact) mass is 358 g/mol. The number of hydrogen-bond acceptors (Lipinski definition) is 3. The molecule has 1 saturated heterocycles. The summed E-state index contributed by atoms with van der Waals surface area (Å²) in [6.07, 6.45) is 6.57. The second kappa shape index (κ2) is 11.9. The summed E-state index contributed by atoms with van der Waals surface area (Å²) < 4.78 is 11.9. The van der Waals surface area contributed by atoms with Crippen LogP contribution in [0.25, 0.3) is 0 Å². The molecule has 1 rings (SSSR count).